The van der Waals surface area contributed by atoms with Gasteiger partial charge in [-0.15, -0.1) is 0 Å². The SMILES string of the molecule is FC1CCC(OC2CCCCN2)CC1. The Hall–Kier alpha value is -0.150. The third kappa shape index (κ3) is 2.92. The first-order valence-electron chi connectivity index (χ1n) is 5.87. The summed E-state index contributed by atoms with van der Waals surface area (Å²) in [6, 6.07) is 0. The van der Waals surface area contributed by atoms with E-state index in [0.717, 1.165) is 25.8 Å². The van der Waals surface area contributed by atoms with Crippen molar-refractivity contribution >= 4 is 0 Å². The molecule has 0 aromatic rings. The molecule has 2 nitrogen and oxygen atoms in total. The minimum absolute atomic E-state index is 0.241. The predicted octanol–water partition coefficient (Wildman–Crippen LogP) is 2.38. The number of hydrogen-bond donors (Lipinski definition) is 1. The smallest absolute Gasteiger partial charge is 0.108 e. The van der Waals surface area contributed by atoms with Gasteiger partial charge in [-0.1, -0.05) is 0 Å². The maximum absolute atomic E-state index is 12.9. The molecule has 2 fully saturated rings. The molecule has 3 heteroatoms. The van der Waals surface area contributed by atoms with Gasteiger partial charge in [-0.3, -0.25) is 5.32 Å². The number of halogens is 1. The van der Waals surface area contributed by atoms with Gasteiger partial charge in [0.25, 0.3) is 0 Å². The molecule has 2 aliphatic rings. The van der Waals surface area contributed by atoms with E-state index in [2.05, 4.69) is 5.32 Å². The Morgan fingerprint density at radius 1 is 1.00 bits per heavy atom. The van der Waals surface area contributed by atoms with Gasteiger partial charge in [0.2, 0.25) is 0 Å². The van der Waals surface area contributed by atoms with E-state index in [0.29, 0.717) is 18.9 Å². The van der Waals surface area contributed by atoms with Crippen molar-refractivity contribution in [1.82, 2.24) is 5.32 Å². The molecular formula is C11H20FNO. The number of alkyl halides is 1. The summed E-state index contributed by atoms with van der Waals surface area (Å²) >= 11 is 0. The molecule has 0 aromatic heterocycles. The molecule has 1 saturated heterocycles. The lowest BCUT2D eigenvalue weighted by Crippen LogP contribution is -2.39. The monoisotopic (exact) mass is 201 g/mol. The highest BCUT2D eigenvalue weighted by atomic mass is 19.1. The van der Waals surface area contributed by atoms with Crippen molar-refractivity contribution < 1.29 is 9.13 Å². The van der Waals surface area contributed by atoms with Crippen LogP contribution in [0.1, 0.15) is 44.9 Å². The van der Waals surface area contributed by atoms with Crippen LogP contribution < -0.4 is 5.32 Å². The summed E-state index contributed by atoms with van der Waals surface area (Å²) in [5.41, 5.74) is 0. The number of nitrogens with one attached hydrogen (secondary N) is 1. The minimum atomic E-state index is -0.575. The molecule has 2 rings (SSSR count). The van der Waals surface area contributed by atoms with Crippen LogP contribution in [-0.4, -0.2) is 25.0 Å². The normalized spacial score (nSPS) is 39.6. The average Bonchev–Trinajstić information content (AvgIpc) is 2.23. The predicted molar refractivity (Wildman–Crippen MR) is 53.9 cm³/mol. The van der Waals surface area contributed by atoms with Crippen LogP contribution in [0.3, 0.4) is 0 Å². The molecule has 1 aliphatic heterocycles. The van der Waals surface area contributed by atoms with Crippen molar-refractivity contribution in [2.45, 2.75) is 63.4 Å². The Morgan fingerprint density at radius 2 is 1.79 bits per heavy atom. The number of hydrogen-bond acceptors (Lipinski definition) is 2. The van der Waals surface area contributed by atoms with E-state index in [1.807, 2.05) is 0 Å². The van der Waals surface area contributed by atoms with Gasteiger partial charge in [-0.25, -0.2) is 4.39 Å². The zero-order valence-corrected chi connectivity index (χ0v) is 8.68. The quantitative estimate of drug-likeness (QED) is 0.740. The van der Waals surface area contributed by atoms with Gasteiger partial charge in [0, 0.05) is 0 Å². The molecule has 1 N–H and O–H groups in total. The van der Waals surface area contributed by atoms with Crippen molar-refractivity contribution in [3.05, 3.63) is 0 Å². The summed E-state index contributed by atoms with van der Waals surface area (Å²) in [6.07, 6.45) is 6.80. The van der Waals surface area contributed by atoms with Gasteiger partial charge in [-0.05, 0) is 51.5 Å². The molecule has 0 spiro atoms. The Bertz CT molecular complexity index is 163. The summed E-state index contributed by atoms with van der Waals surface area (Å²) in [5, 5.41) is 3.36. The molecule has 1 saturated carbocycles. The van der Waals surface area contributed by atoms with Gasteiger partial charge in [-0.2, -0.15) is 0 Å². The van der Waals surface area contributed by atoms with Crippen molar-refractivity contribution in [2.75, 3.05) is 6.54 Å². The van der Waals surface area contributed by atoms with Crippen molar-refractivity contribution in [2.24, 2.45) is 0 Å². The van der Waals surface area contributed by atoms with Gasteiger partial charge in [0.15, 0.2) is 0 Å². The van der Waals surface area contributed by atoms with Gasteiger partial charge in [0.1, 0.15) is 12.4 Å². The van der Waals surface area contributed by atoms with Crippen LogP contribution in [0.25, 0.3) is 0 Å². The number of ether oxygens (including phenoxy) is 1. The average molecular weight is 201 g/mol. The first kappa shape index (κ1) is 10.4. The number of piperidine rings is 1. The fourth-order valence-corrected chi connectivity index (χ4v) is 2.33. The van der Waals surface area contributed by atoms with Crippen molar-refractivity contribution in [3.63, 3.8) is 0 Å². The summed E-state index contributed by atoms with van der Waals surface area (Å²) in [7, 11) is 0. The van der Waals surface area contributed by atoms with E-state index in [-0.39, 0.29) is 6.23 Å². The lowest BCUT2D eigenvalue weighted by Gasteiger charge is -2.31. The Kier molecular flexibility index (Phi) is 3.76. The van der Waals surface area contributed by atoms with E-state index in [4.69, 9.17) is 4.74 Å². The molecule has 1 aliphatic carbocycles. The van der Waals surface area contributed by atoms with Crippen LogP contribution in [0.2, 0.25) is 0 Å². The van der Waals surface area contributed by atoms with E-state index in [1.54, 1.807) is 0 Å². The maximum atomic E-state index is 12.9. The van der Waals surface area contributed by atoms with E-state index in [9.17, 15) is 4.39 Å². The largest absolute Gasteiger partial charge is 0.360 e. The van der Waals surface area contributed by atoms with Gasteiger partial charge < -0.3 is 4.74 Å². The summed E-state index contributed by atoms with van der Waals surface area (Å²) in [5.74, 6) is 0. The van der Waals surface area contributed by atoms with Gasteiger partial charge >= 0.3 is 0 Å². The third-order valence-corrected chi connectivity index (χ3v) is 3.23. The minimum Gasteiger partial charge on any atom is -0.360 e. The van der Waals surface area contributed by atoms with E-state index >= 15 is 0 Å². The lowest BCUT2D eigenvalue weighted by molar-refractivity contribution is -0.0638. The topological polar surface area (TPSA) is 21.3 Å². The molecule has 1 unspecified atom stereocenters. The highest BCUT2D eigenvalue weighted by Gasteiger charge is 2.24. The van der Waals surface area contributed by atoms with Crippen molar-refractivity contribution in [1.29, 1.82) is 0 Å². The first-order valence-corrected chi connectivity index (χ1v) is 5.87. The Labute approximate surface area is 85.2 Å². The second-order valence-corrected chi connectivity index (χ2v) is 4.45. The molecular weight excluding hydrogens is 181 g/mol. The second-order valence-electron chi connectivity index (χ2n) is 4.45. The van der Waals surface area contributed by atoms with E-state index < -0.39 is 6.17 Å². The van der Waals surface area contributed by atoms with Crippen LogP contribution in [0, 0.1) is 0 Å². The van der Waals surface area contributed by atoms with Crippen LogP contribution in [0.4, 0.5) is 4.39 Å². The lowest BCUT2D eigenvalue weighted by atomic mass is 9.96. The zero-order chi connectivity index (χ0) is 9.80. The molecule has 82 valence electrons. The zero-order valence-electron chi connectivity index (χ0n) is 8.68. The molecule has 0 amide bonds. The molecule has 1 heterocycles. The standard InChI is InChI=1S/C11H20FNO/c12-9-4-6-10(7-5-9)14-11-3-1-2-8-13-11/h9-11,13H,1-8H2. The van der Waals surface area contributed by atoms with Crippen LogP contribution >= 0.6 is 0 Å². The third-order valence-electron chi connectivity index (χ3n) is 3.23. The Morgan fingerprint density at radius 3 is 2.43 bits per heavy atom. The van der Waals surface area contributed by atoms with Crippen LogP contribution in [0.5, 0.6) is 0 Å². The molecule has 0 aromatic carbocycles. The van der Waals surface area contributed by atoms with Crippen LogP contribution in [0.15, 0.2) is 0 Å². The molecule has 0 radical (unpaired) electrons. The highest BCUT2D eigenvalue weighted by molar-refractivity contribution is 4.74. The second kappa shape index (κ2) is 5.08. The summed E-state index contributed by atoms with van der Waals surface area (Å²) in [6.45, 7) is 1.07. The summed E-state index contributed by atoms with van der Waals surface area (Å²) < 4.78 is 18.8. The van der Waals surface area contributed by atoms with Crippen LogP contribution in [-0.2, 0) is 4.74 Å². The number of rotatable bonds is 2. The maximum Gasteiger partial charge on any atom is 0.108 e. The molecule has 0 bridgehead atoms. The fraction of sp³-hybridized carbons (Fsp3) is 1.00. The highest BCUT2D eigenvalue weighted by Crippen LogP contribution is 2.25. The van der Waals surface area contributed by atoms with E-state index in [1.165, 1.54) is 12.8 Å². The molecule has 14 heavy (non-hydrogen) atoms. The molecule has 1 atom stereocenters. The summed E-state index contributed by atoms with van der Waals surface area (Å²) in [4.78, 5) is 0. The Balaban J connectivity index is 1.68. The van der Waals surface area contributed by atoms with Crippen molar-refractivity contribution in [3.8, 4) is 0 Å². The van der Waals surface area contributed by atoms with Gasteiger partial charge in [0.05, 0.1) is 6.10 Å². The first-order chi connectivity index (χ1) is 6.84. The fourth-order valence-electron chi connectivity index (χ4n) is 2.33.